The van der Waals surface area contributed by atoms with E-state index in [0.29, 0.717) is 5.92 Å². The van der Waals surface area contributed by atoms with Crippen LogP contribution in [0, 0.1) is 0 Å². The lowest BCUT2D eigenvalue weighted by Crippen LogP contribution is -2.16. The number of hydrogen-bond acceptors (Lipinski definition) is 2. The van der Waals surface area contributed by atoms with Gasteiger partial charge in [0.2, 0.25) is 0 Å². The minimum atomic E-state index is 0.258. The van der Waals surface area contributed by atoms with Gasteiger partial charge in [-0.1, -0.05) is 45.0 Å². The van der Waals surface area contributed by atoms with Gasteiger partial charge in [-0.05, 0) is 37.1 Å². The first-order valence-electron chi connectivity index (χ1n) is 7.05. The summed E-state index contributed by atoms with van der Waals surface area (Å²) in [7, 11) is 0. The van der Waals surface area contributed by atoms with Crippen LogP contribution in [0.25, 0.3) is 11.3 Å². The first-order chi connectivity index (χ1) is 9.11. The average molecular weight is 257 g/mol. The van der Waals surface area contributed by atoms with Crippen molar-refractivity contribution in [1.82, 2.24) is 5.32 Å². The predicted octanol–water partition coefficient (Wildman–Crippen LogP) is 4.74. The first kappa shape index (κ1) is 13.9. The molecule has 1 N–H and O–H groups in total. The molecule has 102 valence electrons. The van der Waals surface area contributed by atoms with Gasteiger partial charge in [0.25, 0.3) is 0 Å². The van der Waals surface area contributed by atoms with E-state index in [-0.39, 0.29) is 6.04 Å². The molecule has 19 heavy (non-hydrogen) atoms. The van der Waals surface area contributed by atoms with E-state index in [1.807, 2.05) is 6.07 Å². The molecule has 1 aromatic heterocycles. The van der Waals surface area contributed by atoms with Gasteiger partial charge in [0.1, 0.15) is 11.5 Å². The summed E-state index contributed by atoms with van der Waals surface area (Å²) >= 11 is 0. The topological polar surface area (TPSA) is 25.2 Å². The third kappa shape index (κ3) is 3.27. The van der Waals surface area contributed by atoms with Crippen molar-refractivity contribution in [1.29, 1.82) is 0 Å². The lowest BCUT2D eigenvalue weighted by Gasteiger charge is -2.09. The molecular formula is C17H23NO. The zero-order valence-corrected chi connectivity index (χ0v) is 12.2. The molecule has 1 heterocycles. The lowest BCUT2D eigenvalue weighted by atomic mass is 10.0. The van der Waals surface area contributed by atoms with Crippen LogP contribution in [-0.2, 0) is 0 Å². The Morgan fingerprint density at radius 2 is 1.68 bits per heavy atom. The number of nitrogens with one attached hydrogen (secondary N) is 1. The quantitative estimate of drug-likeness (QED) is 0.837. The van der Waals surface area contributed by atoms with E-state index in [1.54, 1.807) is 0 Å². The Kier molecular flexibility index (Phi) is 4.43. The van der Waals surface area contributed by atoms with Crippen molar-refractivity contribution in [3.63, 3.8) is 0 Å². The molecule has 0 bridgehead atoms. The second-order valence-electron chi connectivity index (χ2n) is 5.26. The Bertz CT molecular complexity index is 510. The fourth-order valence-corrected chi connectivity index (χ4v) is 2.18. The van der Waals surface area contributed by atoms with E-state index in [1.165, 1.54) is 5.56 Å². The number of hydrogen-bond donors (Lipinski definition) is 1. The van der Waals surface area contributed by atoms with E-state index in [9.17, 15) is 0 Å². The Morgan fingerprint density at radius 3 is 2.26 bits per heavy atom. The normalized spacial score (nSPS) is 12.9. The summed E-state index contributed by atoms with van der Waals surface area (Å²) in [6.45, 7) is 9.58. The van der Waals surface area contributed by atoms with Crippen LogP contribution in [-0.4, -0.2) is 6.54 Å². The van der Waals surface area contributed by atoms with E-state index in [4.69, 9.17) is 4.42 Å². The SMILES string of the molecule is CCNC(C)c1ccc(-c2ccc(C(C)C)cc2)o1. The van der Waals surface area contributed by atoms with Crippen molar-refractivity contribution in [2.75, 3.05) is 6.54 Å². The standard InChI is InChI=1S/C17H23NO/c1-5-18-13(4)16-10-11-17(19-16)15-8-6-14(7-9-15)12(2)3/h6-13,18H,5H2,1-4H3. The van der Waals surface area contributed by atoms with Crippen LogP contribution in [0.2, 0.25) is 0 Å². The molecule has 2 aromatic rings. The molecule has 2 heteroatoms. The Labute approximate surface area is 115 Å². The summed E-state index contributed by atoms with van der Waals surface area (Å²) < 4.78 is 5.92. The molecule has 0 spiro atoms. The lowest BCUT2D eigenvalue weighted by molar-refractivity contribution is 0.445. The van der Waals surface area contributed by atoms with E-state index >= 15 is 0 Å². The van der Waals surface area contributed by atoms with Crippen molar-refractivity contribution < 1.29 is 4.42 Å². The molecular weight excluding hydrogens is 234 g/mol. The largest absolute Gasteiger partial charge is 0.459 e. The molecule has 1 aromatic carbocycles. The van der Waals surface area contributed by atoms with Gasteiger partial charge in [0.05, 0.1) is 6.04 Å². The minimum Gasteiger partial charge on any atom is -0.459 e. The Hall–Kier alpha value is -1.54. The zero-order chi connectivity index (χ0) is 13.8. The Balaban J connectivity index is 2.18. The third-order valence-electron chi connectivity index (χ3n) is 3.43. The van der Waals surface area contributed by atoms with Crippen LogP contribution < -0.4 is 5.32 Å². The van der Waals surface area contributed by atoms with Gasteiger partial charge < -0.3 is 9.73 Å². The first-order valence-corrected chi connectivity index (χ1v) is 7.05. The molecule has 0 aliphatic heterocycles. The molecule has 0 saturated carbocycles. The molecule has 1 atom stereocenters. The predicted molar refractivity (Wildman–Crippen MR) is 80.3 cm³/mol. The highest BCUT2D eigenvalue weighted by Crippen LogP contribution is 2.26. The molecule has 1 unspecified atom stereocenters. The van der Waals surface area contributed by atoms with Gasteiger partial charge in [-0.3, -0.25) is 0 Å². The van der Waals surface area contributed by atoms with Gasteiger partial charge in [0, 0.05) is 5.56 Å². The number of benzene rings is 1. The maximum absolute atomic E-state index is 5.92. The van der Waals surface area contributed by atoms with Crippen LogP contribution in [0.4, 0.5) is 0 Å². The summed E-state index contributed by atoms with van der Waals surface area (Å²) in [5.41, 5.74) is 2.50. The molecule has 0 aliphatic carbocycles. The van der Waals surface area contributed by atoms with E-state index < -0.39 is 0 Å². The fraction of sp³-hybridized carbons (Fsp3) is 0.412. The van der Waals surface area contributed by atoms with Crippen molar-refractivity contribution in [2.24, 2.45) is 0 Å². The molecule has 0 aliphatic rings. The van der Waals surface area contributed by atoms with Crippen LogP contribution in [0.5, 0.6) is 0 Å². The van der Waals surface area contributed by atoms with Crippen LogP contribution >= 0.6 is 0 Å². The Morgan fingerprint density at radius 1 is 1.00 bits per heavy atom. The van der Waals surface area contributed by atoms with E-state index in [0.717, 1.165) is 23.6 Å². The summed E-state index contributed by atoms with van der Waals surface area (Å²) in [6.07, 6.45) is 0. The number of furan rings is 1. The molecule has 0 fully saturated rings. The second-order valence-corrected chi connectivity index (χ2v) is 5.26. The van der Waals surface area contributed by atoms with Crippen LogP contribution in [0.15, 0.2) is 40.8 Å². The fourth-order valence-electron chi connectivity index (χ4n) is 2.18. The minimum absolute atomic E-state index is 0.258. The second kappa shape index (κ2) is 6.07. The van der Waals surface area contributed by atoms with Crippen LogP contribution in [0.1, 0.15) is 51.0 Å². The summed E-state index contributed by atoms with van der Waals surface area (Å²) in [6, 6.07) is 13.0. The smallest absolute Gasteiger partial charge is 0.134 e. The van der Waals surface area contributed by atoms with Crippen molar-refractivity contribution in [3.05, 3.63) is 47.7 Å². The maximum Gasteiger partial charge on any atom is 0.134 e. The highest BCUT2D eigenvalue weighted by atomic mass is 16.3. The average Bonchev–Trinajstić information content (AvgIpc) is 2.89. The van der Waals surface area contributed by atoms with Crippen molar-refractivity contribution in [2.45, 2.75) is 39.7 Å². The summed E-state index contributed by atoms with van der Waals surface area (Å²) in [4.78, 5) is 0. The highest BCUT2D eigenvalue weighted by molar-refractivity contribution is 5.58. The zero-order valence-electron chi connectivity index (χ0n) is 12.2. The highest BCUT2D eigenvalue weighted by Gasteiger charge is 2.10. The summed E-state index contributed by atoms with van der Waals surface area (Å²) in [5.74, 6) is 2.50. The van der Waals surface area contributed by atoms with Crippen molar-refractivity contribution in [3.8, 4) is 11.3 Å². The molecule has 2 nitrogen and oxygen atoms in total. The molecule has 0 radical (unpaired) electrons. The molecule has 0 saturated heterocycles. The van der Waals surface area contributed by atoms with E-state index in [2.05, 4.69) is 63.3 Å². The van der Waals surface area contributed by atoms with Gasteiger partial charge >= 0.3 is 0 Å². The van der Waals surface area contributed by atoms with Crippen LogP contribution in [0.3, 0.4) is 0 Å². The molecule has 0 amide bonds. The maximum atomic E-state index is 5.92. The van der Waals surface area contributed by atoms with Gasteiger partial charge in [0.15, 0.2) is 0 Å². The van der Waals surface area contributed by atoms with Crippen molar-refractivity contribution >= 4 is 0 Å². The summed E-state index contributed by atoms with van der Waals surface area (Å²) in [5, 5.41) is 3.36. The molecule has 2 rings (SSSR count). The third-order valence-corrected chi connectivity index (χ3v) is 3.43. The van der Waals surface area contributed by atoms with Gasteiger partial charge in [-0.2, -0.15) is 0 Å². The van der Waals surface area contributed by atoms with Gasteiger partial charge in [-0.25, -0.2) is 0 Å². The van der Waals surface area contributed by atoms with Gasteiger partial charge in [-0.15, -0.1) is 0 Å². The monoisotopic (exact) mass is 257 g/mol. The number of rotatable bonds is 5.